The lowest BCUT2D eigenvalue weighted by molar-refractivity contribution is 0.156. The minimum atomic E-state index is 0.137. The van der Waals surface area contributed by atoms with Crippen LogP contribution in [0.3, 0.4) is 0 Å². The Labute approximate surface area is 152 Å². The van der Waals surface area contributed by atoms with Crippen molar-refractivity contribution in [1.82, 2.24) is 15.0 Å². The van der Waals surface area contributed by atoms with E-state index in [1.165, 1.54) is 0 Å². The molecule has 0 radical (unpaired) electrons. The highest BCUT2D eigenvalue weighted by molar-refractivity contribution is 5.96. The Hall–Kier alpha value is -2.89. The molecule has 2 aromatic heterocycles. The molecule has 0 spiro atoms. The largest absolute Gasteiger partial charge is 0.496 e. The third-order valence-corrected chi connectivity index (χ3v) is 4.74. The van der Waals surface area contributed by atoms with E-state index >= 15 is 0 Å². The molecule has 0 saturated carbocycles. The number of hydrogen-bond acceptors (Lipinski definition) is 6. The molecular formula is C20H22N4O2. The maximum absolute atomic E-state index is 5.93. The fraction of sp³-hybridized carbons (Fsp3) is 0.350. The minimum absolute atomic E-state index is 0.137. The summed E-state index contributed by atoms with van der Waals surface area (Å²) in [5.74, 6) is 1.88. The van der Waals surface area contributed by atoms with Crippen molar-refractivity contribution in [3.63, 3.8) is 0 Å². The number of fused-ring (bicyclic) bond motifs is 1. The minimum Gasteiger partial charge on any atom is -0.496 e. The van der Waals surface area contributed by atoms with Crippen LogP contribution in [0.15, 0.2) is 42.9 Å². The number of benzene rings is 1. The van der Waals surface area contributed by atoms with Gasteiger partial charge in [0.25, 0.3) is 0 Å². The van der Waals surface area contributed by atoms with E-state index in [0.29, 0.717) is 6.01 Å². The standard InChI is InChI=1S/C20H22N4O2/c1-14-12-22-20(23-13-14)26-15-7-10-24(11-8-15)19-17-4-3-5-18(25-2)16(17)6-9-21-19/h3-6,9,12-13,15H,7-8,10-11H2,1-2H3. The van der Waals surface area contributed by atoms with Gasteiger partial charge in [0.15, 0.2) is 0 Å². The van der Waals surface area contributed by atoms with Crippen molar-refractivity contribution in [3.8, 4) is 11.8 Å². The van der Waals surface area contributed by atoms with E-state index in [1.807, 2.05) is 31.3 Å². The third-order valence-electron chi connectivity index (χ3n) is 4.74. The molecule has 0 bridgehead atoms. The Morgan fingerprint density at radius 3 is 2.50 bits per heavy atom. The highest BCUT2D eigenvalue weighted by Gasteiger charge is 2.23. The predicted molar refractivity (Wildman–Crippen MR) is 101 cm³/mol. The Morgan fingerprint density at radius 1 is 1.00 bits per heavy atom. The summed E-state index contributed by atoms with van der Waals surface area (Å²) in [6.07, 6.45) is 7.38. The smallest absolute Gasteiger partial charge is 0.316 e. The van der Waals surface area contributed by atoms with Crippen molar-refractivity contribution in [2.45, 2.75) is 25.9 Å². The first-order chi connectivity index (χ1) is 12.7. The van der Waals surface area contributed by atoms with E-state index in [-0.39, 0.29) is 6.10 Å². The third kappa shape index (κ3) is 3.27. The second-order valence-electron chi connectivity index (χ2n) is 6.54. The Morgan fingerprint density at radius 2 is 1.77 bits per heavy atom. The van der Waals surface area contributed by atoms with Gasteiger partial charge in [-0.1, -0.05) is 12.1 Å². The lowest BCUT2D eigenvalue weighted by Gasteiger charge is -2.33. The van der Waals surface area contributed by atoms with Gasteiger partial charge in [-0.25, -0.2) is 15.0 Å². The fourth-order valence-electron chi connectivity index (χ4n) is 3.37. The van der Waals surface area contributed by atoms with Gasteiger partial charge in [0.05, 0.1) is 7.11 Å². The summed E-state index contributed by atoms with van der Waals surface area (Å²) in [7, 11) is 1.70. The van der Waals surface area contributed by atoms with E-state index in [4.69, 9.17) is 9.47 Å². The van der Waals surface area contributed by atoms with Crippen molar-refractivity contribution >= 4 is 16.6 Å². The van der Waals surface area contributed by atoms with Crippen LogP contribution in [-0.2, 0) is 0 Å². The lowest BCUT2D eigenvalue weighted by Crippen LogP contribution is -2.39. The van der Waals surface area contributed by atoms with E-state index in [2.05, 4.69) is 25.9 Å². The van der Waals surface area contributed by atoms with Crippen molar-refractivity contribution < 1.29 is 9.47 Å². The molecule has 0 aliphatic carbocycles. The number of nitrogens with zero attached hydrogens (tertiary/aromatic N) is 4. The van der Waals surface area contributed by atoms with E-state index in [9.17, 15) is 0 Å². The van der Waals surface area contributed by atoms with Crippen LogP contribution in [0, 0.1) is 6.92 Å². The molecule has 0 N–H and O–H groups in total. The molecule has 4 rings (SSSR count). The Bertz CT molecular complexity index is 890. The summed E-state index contributed by atoms with van der Waals surface area (Å²) in [5, 5.41) is 2.21. The molecule has 1 saturated heterocycles. The predicted octanol–water partition coefficient (Wildman–Crippen LogP) is 3.39. The SMILES string of the molecule is COc1cccc2c(N3CCC(Oc4ncc(C)cn4)CC3)nccc12. The second-order valence-corrected chi connectivity index (χ2v) is 6.54. The number of aryl methyl sites for hydroxylation is 1. The van der Waals surface area contributed by atoms with Gasteiger partial charge in [0.2, 0.25) is 0 Å². The van der Waals surface area contributed by atoms with Crippen molar-refractivity contribution in [2.75, 3.05) is 25.1 Å². The zero-order chi connectivity index (χ0) is 17.9. The van der Waals surface area contributed by atoms with Gasteiger partial charge in [-0.2, -0.15) is 0 Å². The van der Waals surface area contributed by atoms with Crippen LogP contribution in [0.1, 0.15) is 18.4 Å². The molecule has 0 atom stereocenters. The Balaban J connectivity index is 1.48. The molecule has 1 aliphatic heterocycles. The molecular weight excluding hydrogens is 328 g/mol. The summed E-state index contributed by atoms with van der Waals surface area (Å²) >= 11 is 0. The summed E-state index contributed by atoms with van der Waals surface area (Å²) in [5.41, 5.74) is 1.03. The van der Waals surface area contributed by atoms with Crippen LogP contribution >= 0.6 is 0 Å². The van der Waals surface area contributed by atoms with Gasteiger partial charge < -0.3 is 14.4 Å². The molecule has 1 aliphatic rings. The van der Waals surface area contributed by atoms with Crippen molar-refractivity contribution in [3.05, 3.63) is 48.4 Å². The summed E-state index contributed by atoms with van der Waals surface area (Å²) in [6.45, 7) is 3.74. The number of methoxy groups -OCH3 is 1. The number of piperidine rings is 1. The first-order valence-corrected chi connectivity index (χ1v) is 8.86. The lowest BCUT2D eigenvalue weighted by atomic mass is 10.1. The van der Waals surface area contributed by atoms with Gasteiger partial charge in [-0.05, 0) is 24.6 Å². The number of ether oxygens (including phenoxy) is 2. The van der Waals surface area contributed by atoms with Gasteiger partial charge in [0, 0.05) is 55.3 Å². The molecule has 1 fully saturated rings. The van der Waals surface area contributed by atoms with E-state index in [0.717, 1.165) is 53.8 Å². The van der Waals surface area contributed by atoms with E-state index in [1.54, 1.807) is 19.5 Å². The average Bonchev–Trinajstić information content (AvgIpc) is 2.69. The van der Waals surface area contributed by atoms with Gasteiger partial charge >= 0.3 is 6.01 Å². The topological polar surface area (TPSA) is 60.4 Å². The Kier molecular flexibility index (Phi) is 4.56. The quantitative estimate of drug-likeness (QED) is 0.719. The second kappa shape index (κ2) is 7.15. The van der Waals surface area contributed by atoms with Gasteiger partial charge in [-0.15, -0.1) is 0 Å². The normalized spacial score (nSPS) is 15.2. The maximum atomic E-state index is 5.93. The van der Waals surface area contributed by atoms with Gasteiger partial charge in [-0.3, -0.25) is 0 Å². The zero-order valence-corrected chi connectivity index (χ0v) is 15.1. The first-order valence-electron chi connectivity index (χ1n) is 8.86. The molecule has 1 aromatic carbocycles. The van der Waals surface area contributed by atoms with E-state index < -0.39 is 0 Å². The molecule has 6 nitrogen and oxygen atoms in total. The zero-order valence-electron chi connectivity index (χ0n) is 15.1. The summed E-state index contributed by atoms with van der Waals surface area (Å²) < 4.78 is 11.4. The molecule has 26 heavy (non-hydrogen) atoms. The molecule has 0 unspecified atom stereocenters. The number of rotatable bonds is 4. The van der Waals surface area contributed by atoms with Crippen LogP contribution in [0.2, 0.25) is 0 Å². The number of hydrogen-bond donors (Lipinski definition) is 0. The number of anilines is 1. The van der Waals surface area contributed by atoms with Crippen molar-refractivity contribution in [1.29, 1.82) is 0 Å². The monoisotopic (exact) mass is 350 g/mol. The van der Waals surface area contributed by atoms with Crippen LogP contribution in [-0.4, -0.2) is 41.3 Å². The average molecular weight is 350 g/mol. The number of pyridine rings is 1. The molecule has 3 aromatic rings. The highest BCUT2D eigenvalue weighted by Crippen LogP contribution is 2.32. The molecule has 0 amide bonds. The van der Waals surface area contributed by atoms with Crippen LogP contribution in [0.25, 0.3) is 10.8 Å². The summed E-state index contributed by atoms with van der Waals surface area (Å²) in [6, 6.07) is 8.55. The molecule has 6 heteroatoms. The van der Waals surface area contributed by atoms with Crippen LogP contribution in [0.4, 0.5) is 5.82 Å². The first kappa shape index (κ1) is 16.6. The van der Waals surface area contributed by atoms with Gasteiger partial charge in [0.1, 0.15) is 17.7 Å². The fourth-order valence-corrected chi connectivity index (χ4v) is 3.37. The van der Waals surface area contributed by atoms with Crippen LogP contribution < -0.4 is 14.4 Å². The molecule has 134 valence electrons. The highest BCUT2D eigenvalue weighted by atomic mass is 16.5. The number of aromatic nitrogens is 3. The molecule has 3 heterocycles. The summed E-state index contributed by atoms with van der Waals surface area (Å²) in [4.78, 5) is 15.4. The van der Waals surface area contributed by atoms with Crippen LogP contribution in [0.5, 0.6) is 11.8 Å². The maximum Gasteiger partial charge on any atom is 0.316 e. The van der Waals surface area contributed by atoms with Crippen molar-refractivity contribution in [2.24, 2.45) is 0 Å².